The largest absolute Gasteiger partial charge is 0.268 e. The van der Waals surface area contributed by atoms with Gasteiger partial charge in [0.1, 0.15) is 11.6 Å². The van der Waals surface area contributed by atoms with E-state index in [2.05, 4.69) is 10.2 Å². The van der Waals surface area contributed by atoms with Gasteiger partial charge in [-0.15, -0.1) is 0 Å². The first kappa shape index (κ1) is 11.4. The molecule has 0 aliphatic carbocycles. The second-order valence-electron chi connectivity index (χ2n) is 3.78. The molecule has 0 saturated heterocycles. The van der Waals surface area contributed by atoms with Gasteiger partial charge in [-0.25, -0.2) is 13.9 Å². The molecule has 1 N–H and O–H groups in total. The van der Waals surface area contributed by atoms with Crippen LogP contribution in [0.2, 0.25) is 0 Å². The zero-order valence-corrected chi connectivity index (χ0v) is 9.34. The Morgan fingerprint density at radius 1 is 1.18 bits per heavy atom. The summed E-state index contributed by atoms with van der Waals surface area (Å²) in [7, 11) is 0. The number of H-pyrrole nitrogens is 1. The van der Waals surface area contributed by atoms with Gasteiger partial charge in [0.05, 0.1) is 5.69 Å². The Kier molecular flexibility index (Phi) is 2.75. The van der Waals surface area contributed by atoms with Crippen LogP contribution in [0.25, 0.3) is 11.3 Å². The quantitative estimate of drug-likeness (QED) is 0.826. The zero-order valence-electron chi connectivity index (χ0n) is 9.34. The highest BCUT2D eigenvalue weighted by Gasteiger charge is 2.13. The van der Waals surface area contributed by atoms with Crippen LogP contribution in [0.4, 0.5) is 8.78 Å². The Balaban J connectivity index is 2.69. The fraction of sp³-hybridized carbons (Fsp3) is 0.167. The summed E-state index contributed by atoms with van der Waals surface area (Å²) in [4.78, 5) is 11.3. The first-order valence-corrected chi connectivity index (χ1v) is 5.02. The monoisotopic (exact) mass is 236 g/mol. The van der Waals surface area contributed by atoms with Crippen LogP contribution in [0.3, 0.4) is 0 Å². The maximum absolute atomic E-state index is 13.6. The molecule has 1 aromatic carbocycles. The highest BCUT2D eigenvalue weighted by molar-refractivity contribution is 5.63. The summed E-state index contributed by atoms with van der Waals surface area (Å²) in [5.74, 6) is -1.35. The fourth-order valence-electron chi connectivity index (χ4n) is 1.57. The predicted molar refractivity (Wildman–Crippen MR) is 59.7 cm³/mol. The number of nitrogens with zero attached hydrogens (tertiary/aromatic N) is 1. The molecule has 0 radical (unpaired) electrons. The highest BCUT2D eigenvalue weighted by Crippen LogP contribution is 2.24. The van der Waals surface area contributed by atoms with E-state index in [9.17, 15) is 13.6 Å². The molecule has 0 saturated carbocycles. The van der Waals surface area contributed by atoms with Crippen molar-refractivity contribution in [3.8, 4) is 11.3 Å². The lowest BCUT2D eigenvalue weighted by molar-refractivity contribution is 0.585. The molecule has 5 heteroatoms. The Morgan fingerprint density at radius 2 is 1.88 bits per heavy atom. The van der Waals surface area contributed by atoms with Crippen molar-refractivity contribution >= 4 is 0 Å². The van der Waals surface area contributed by atoms with Gasteiger partial charge >= 0.3 is 0 Å². The second-order valence-corrected chi connectivity index (χ2v) is 3.78. The molecule has 1 heterocycles. The molecule has 0 aliphatic rings. The maximum Gasteiger partial charge on any atom is 0.267 e. The molecule has 0 atom stereocenters. The number of halogens is 2. The van der Waals surface area contributed by atoms with E-state index in [0.717, 1.165) is 12.1 Å². The Morgan fingerprint density at radius 3 is 2.53 bits per heavy atom. The van der Waals surface area contributed by atoms with Crippen molar-refractivity contribution in [3.63, 3.8) is 0 Å². The lowest BCUT2D eigenvalue weighted by atomic mass is 10.0. The first-order valence-electron chi connectivity index (χ1n) is 5.02. The van der Waals surface area contributed by atoms with Crippen molar-refractivity contribution in [2.24, 2.45) is 0 Å². The van der Waals surface area contributed by atoms with E-state index >= 15 is 0 Å². The van der Waals surface area contributed by atoms with Gasteiger partial charge in [-0.05, 0) is 31.5 Å². The van der Waals surface area contributed by atoms with E-state index in [0.29, 0.717) is 16.8 Å². The van der Waals surface area contributed by atoms with Gasteiger partial charge in [-0.3, -0.25) is 4.79 Å². The van der Waals surface area contributed by atoms with Crippen molar-refractivity contribution in [3.05, 3.63) is 51.3 Å². The lowest BCUT2D eigenvalue weighted by Crippen LogP contribution is -2.14. The molecular formula is C12H10F2N2O. The normalized spacial score (nSPS) is 10.6. The van der Waals surface area contributed by atoms with Gasteiger partial charge in [-0.1, -0.05) is 0 Å². The molecule has 0 amide bonds. The molecule has 1 aromatic heterocycles. The molecule has 17 heavy (non-hydrogen) atoms. The third-order valence-corrected chi connectivity index (χ3v) is 2.71. The summed E-state index contributed by atoms with van der Waals surface area (Å²) in [5.41, 5.74) is 1.23. The van der Waals surface area contributed by atoms with Crippen LogP contribution in [0.15, 0.2) is 23.0 Å². The second kappa shape index (κ2) is 4.08. The van der Waals surface area contributed by atoms with E-state index in [1.165, 1.54) is 6.07 Å². The van der Waals surface area contributed by atoms with Crippen molar-refractivity contribution in [1.82, 2.24) is 10.2 Å². The average Bonchev–Trinajstić information content (AvgIpc) is 2.28. The Labute approximate surface area is 96.1 Å². The molecular weight excluding hydrogens is 226 g/mol. The van der Waals surface area contributed by atoms with Crippen molar-refractivity contribution in [1.29, 1.82) is 0 Å². The maximum atomic E-state index is 13.6. The zero-order chi connectivity index (χ0) is 12.6. The number of rotatable bonds is 1. The molecule has 88 valence electrons. The number of aromatic amines is 1. The van der Waals surface area contributed by atoms with E-state index in [4.69, 9.17) is 0 Å². The van der Waals surface area contributed by atoms with Crippen molar-refractivity contribution < 1.29 is 8.78 Å². The van der Waals surface area contributed by atoms with Gasteiger partial charge in [0.2, 0.25) is 0 Å². The van der Waals surface area contributed by atoms with E-state index in [1.807, 2.05) is 0 Å². The summed E-state index contributed by atoms with van der Waals surface area (Å²) >= 11 is 0. The summed E-state index contributed by atoms with van der Waals surface area (Å²) in [6, 6.07) is 3.24. The minimum atomic E-state index is -0.702. The van der Waals surface area contributed by atoms with Crippen molar-refractivity contribution in [2.75, 3.05) is 0 Å². The Bertz CT molecular complexity index is 635. The smallest absolute Gasteiger partial charge is 0.267 e. The van der Waals surface area contributed by atoms with Crippen LogP contribution >= 0.6 is 0 Å². The van der Waals surface area contributed by atoms with Gasteiger partial charge < -0.3 is 0 Å². The molecule has 0 spiro atoms. The molecule has 0 unspecified atom stereocenters. The molecule has 0 bridgehead atoms. The average molecular weight is 236 g/mol. The molecule has 0 aliphatic heterocycles. The van der Waals surface area contributed by atoms with Crippen LogP contribution < -0.4 is 5.56 Å². The first-order chi connectivity index (χ1) is 8.00. The van der Waals surface area contributed by atoms with Crippen LogP contribution in [0, 0.1) is 25.5 Å². The van der Waals surface area contributed by atoms with Gasteiger partial charge in [0.25, 0.3) is 5.56 Å². The standard InChI is InChI=1S/C12H10F2N2O/c1-6-7(2)12(17)16-15-11(6)9-4-3-8(13)5-10(9)14/h3-5H,1-2H3,(H,16,17). The summed E-state index contributed by atoms with van der Waals surface area (Å²) in [6.45, 7) is 3.30. The van der Waals surface area contributed by atoms with E-state index in [1.54, 1.807) is 13.8 Å². The summed E-state index contributed by atoms with van der Waals surface area (Å²) < 4.78 is 26.4. The third kappa shape index (κ3) is 1.95. The Hall–Kier alpha value is -2.04. The van der Waals surface area contributed by atoms with Gasteiger partial charge in [0.15, 0.2) is 0 Å². The van der Waals surface area contributed by atoms with Crippen LogP contribution in [0.1, 0.15) is 11.1 Å². The minimum Gasteiger partial charge on any atom is -0.268 e. The topological polar surface area (TPSA) is 45.8 Å². The van der Waals surface area contributed by atoms with E-state index in [-0.39, 0.29) is 11.1 Å². The lowest BCUT2D eigenvalue weighted by Gasteiger charge is -2.07. The van der Waals surface area contributed by atoms with Crippen LogP contribution in [0.5, 0.6) is 0 Å². The molecule has 3 nitrogen and oxygen atoms in total. The summed E-state index contributed by atoms with van der Waals surface area (Å²) in [5, 5.41) is 6.08. The number of benzene rings is 1. The summed E-state index contributed by atoms with van der Waals surface area (Å²) in [6.07, 6.45) is 0. The minimum absolute atomic E-state index is 0.170. The van der Waals surface area contributed by atoms with Gasteiger partial charge in [-0.2, -0.15) is 5.10 Å². The highest BCUT2D eigenvalue weighted by atomic mass is 19.1. The predicted octanol–water partition coefficient (Wildman–Crippen LogP) is 2.33. The molecule has 2 aromatic rings. The number of nitrogens with one attached hydrogen (secondary N) is 1. The van der Waals surface area contributed by atoms with Crippen molar-refractivity contribution in [2.45, 2.75) is 13.8 Å². The molecule has 2 rings (SSSR count). The van der Waals surface area contributed by atoms with E-state index < -0.39 is 11.6 Å². The SMILES string of the molecule is Cc1c(-c2ccc(F)cc2F)n[nH]c(=O)c1C. The van der Waals surface area contributed by atoms with Crippen LogP contribution in [-0.4, -0.2) is 10.2 Å². The number of hydrogen-bond donors (Lipinski definition) is 1. The van der Waals surface area contributed by atoms with Crippen LogP contribution in [-0.2, 0) is 0 Å². The molecule has 0 fully saturated rings. The third-order valence-electron chi connectivity index (χ3n) is 2.71. The number of hydrogen-bond acceptors (Lipinski definition) is 2. The van der Waals surface area contributed by atoms with Gasteiger partial charge in [0, 0.05) is 17.2 Å². The fourth-order valence-corrected chi connectivity index (χ4v) is 1.57. The number of aromatic nitrogens is 2.